The van der Waals surface area contributed by atoms with Crippen molar-refractivity contribution >= 4 is 44.9 Å². The van der Waals surface area contributed by atoms with Crippen LogP contribution in [0, 0.1) is 0 Å². The van der Waals surface area contributed by atoms with E-state index in [0.717, 1.165) is 58.4 Å². The first kappa shape index (κ1) is 23.7. The standard InChI is InChI=1S/C30H25N3O2S2/c34-26(31-24-17-9-7-15-22(24)20-11-3-1-4-12-20)19-36-30-32-28-27(23-16-8-10-18-25(23)37-28)29(35)33(30)21-13-5-2-6-14-21/h1-7,9,11-15,17H,8,10,16,18-19H2,(H,31,34). The number of aryl methyl sites for hydroxylation is 2. The molecule has 5 nitrogen and oxygen atoms in total. The van der Waals surface area contributed by atoms with E-state index >= 15 is 0 Å². The average Bonchev–Trinajstić information content (AvgIpc) is 3.32. The normalized spacial score (nSPS) is 12.9. The van der Waals surface area contributed by atoms with Crippen LogP contribution in [0.3, 0.4) is 0 Å². The second kappa shape index (κ2) is 10.4. The number of nitrogens with one attached hydrogen (secondary N) is 1. The molecule has 0 atom stereocenters. The van der Waals surface area contributed by atoms with Crippen LogP contribution >= 0.6 is 23.1 Å². The highest BCUT2D eigenvalue weighted by atomic mass is 32.2. The maximum Gasteiger partial charge on any atom is 0.267 e. The van der Waals surface area contributed by atoms with Crippen LogP contribution < -0.4 is 10.9 Å². The van der Waals surface area contributed by atoms with Crippen LogP contribution in [0.2, 0.25) is 0 Å². The van der Waals surface area contributed by atoms with Crippen molar-refractivity contribution in [2.45, 2.75) is 30.8 Å². The fraction of sp³-hybridized carbons (Fsp3) is 0.167. The number of anilines is 1. The van der Waals surface area contributed by atoms with Gasteiger partial charge in [-0.1, -0.05) is 78.5 Å². The van der Waals surface area contributed by atoms with Crippen molar-refractivity contribution < 1.29 is 4.79 Å². The SMILES string of the molecule is O=C(CSc1nc2sc3c(c2c(=O)n1-c1ccccc1)CCCC3)Nc1ccccc1-c1ccccc1. The summed E-state index contributed by atoms with van der Waals surface area (Å²) in [6.45, 7) is 0. The van der Waals surface area contributed by atoms with Gasteiger partial charge < -0.3 is 5.32 Å². The summed E-state index contributed by atoms with van der Waals surface area (Å²) in [6, 6.07) is 27.4. The van der Waals surface area contributed by atoms with Gasteiger partial charge in [0.2, 0.25) is 5.91 Å². The van der Waals surface area contributed by atoms with E-state index in [0.29, 0.717) is 5.16 Å². The van der Waals surface area contributed by atoms with Gasteiger partial charge in [0.05, 0.1) is 16.8 Å². The number of nitrogens with zero attached hydrogens (tertiary/aromatic N) is 2. The molecule has 3 aromatic carbocycles. The monoisotopic (exact) mass is 523 g/mol. The second-order valence-corrected chi connectivity index (χ2v) is 11.0. The number of fused-ring (bicyclic) bond motifs is 3. The van der Waals surface area contributed by atoms with Crippen molar-refractivity contribution in [3.8, 4) is 16.8 Å². The van der Waals surface area contributed by atoms with Crippen LogP contribution in [0.1, 0.15) is 23.3 Å². The van der Waals surface area contributed by atoms with Crippen LogP contribution in [-0.2, 0) is 17.6 Å². The lowest BCUT2D eigenvalue weighted by Gasteiger charge is -2.14. The Balaban J connectivity index is 1.32. The minimum absolute atomic E-state index is 0.0482. The molecular weight excluding hydrogens is 498 g/mol. The number of hydrogen-bond acceptors (Lipinski definition) is 5. The maximum absolute atomic E-state index is 13.8. The smallest absolute Gasteiger partial charge is 0.267 e. The lowest BCUT2D eigenvalue weighted by atomic mass is 9.97. The van der Waals surface area contributed by atoms with E-state index in [1.165, 1.54) is 22.2 Å². The molecule has 2 heterocycles. The predicted molar refractivity (Wildman–Crippen MR) is 153 cm³/mol. The summed E-state index contributed by atoms with van der Waals surface area (Å²) in [5, 5.41) is 4.34. The molecule has 1 N–H and O–H groups in total. The summed E-state index contributed by atoms with van der Waals surface area (Å²) in [6.07, 6.45) is 4.19. The molecule has 1 aliphatic carbocycles. The molecule has 0 saturated heterocycles. The fourth-order valence-corrected chi connectivity index (χ4v) is 6.98. The minimum atomic E-state index is -0.146. The maximum atomic E-state index is 13.8. The molecule has 1 amide bonds. The van der Waals surface area contributed by atoms with Crippen molar-refractivity contribution in [3.63, 3.8) is 0 Å². The number of benzene rings is 3. The Labute approximate surface area is 223 Å². The number of amides is 1. The Morgan fingerprint density at radius 2 is 1.62 bits per heavy atom. The zero-order valence-corrected chi connectivity index (χ0v) is 21.8. The fourth-order valence-electron chi connectivity index (χ4n) is 4.87. The largest absolute Gasteiger partial charge is 0.325 e. The summed E-state index contributed by atoms with van der Waals surface area (Å²) < 4.78 is 1.67. The third kappa shape index (κ3) is 4.72. The van der Waals surface area contributed by atoms with E-state index in [4.69, 9.17) is 4.98 Å². The molecule has 37 heavy (non-hydrogen) atoms. The van der Waals surface area contributed by atoms with Crippen LogP contribution in [0.5, 0.6) is 0 Å². The summed E-state index contributed by atoms with van der Waals surface area (Å²) in [4.78, 5) is 33.9. The van der Waals surface area contributed by atoms with Gasteiger partial charge in [-0.05, 0) is 55.0 Å². The Bertz CT molecular complexity index is 1640. The van der Waals surface area contributed by atoms with Gasteiger partial charge in [-0.2, -0.15) is 0 Å². The van der Waals surface area contributed by atoms with Gasteiger partial charge in [0.25, 0.3) is 5.56 Å². The Morgan fingerprint density at radius 3 is 2.43 bits per heavy atom. The van der Waals surface area contributed by atoms with Gasteiger partial charge in [0.15, 0.2) is 5.16 Å². The third-order valence-corrected chi connectivity index (χ3v) is 8.72. The van der Waals surface area contributed by atoms with Crippen LogP contribution in [0.25, 0.3) is 27.0 Å². The quantitative estimate of drug-likeness (QED) is 0.198. The number of carbonyl (C=O) groups is 1. The molecule has 2 aromatic heterocycles. The molecule has 6 rings (SSSR count). The molecule has 0 radical (unpaired) electrons. The molecule has 1 aliphatic rings. The molecule has 5 aromatic rings. The van der Waals surface area contributed by atoms with E-state index in [1.807, 2.05) is 84.9 Å². The number of hydrogen-bond donors (Lipinski definition) is 1. The number of thiophene rings is 1. The average molecular weight is 524 g/mol. The van der Waals surface area contributed by atoms with Gasteiger partial charge in [0, 0.05) is 16.1 Å². The van der Waals surface area contributed by atoms with Crippen molar-refractivity contribution in [1.82, 2.24) is 9.55 Å². The van der Waals surface area contributed by atoms with Crippen LogP contribution in [-0.4, -0.2) is 21.2 Å². The highest BCUT2D eigenvalue weighted by molar-refractivity contribution is 7.99. The molecule has 0 unspecified atom stereocenters. The summed E-state index contributed by atoms with van der Waals surface area (Å²) in [5.41, 5.74) is 4.64. The molecule has 7 heteroatoms. The molecule has 0 bridgehead atoms. The molecule has 0 fully saturated rings. The highest BCUT2D eigenvalue weighted by Gasteiger charge is 2.23. The van der Waals surface area contributed by atoms with Crippen molar-refractivity contribution in [2.75, 3.05) is 11.1 Å². The van der Waals surface area contributed by atoms with E-state index in [-0.39, 0.29) is 17.2 Å². The first-order valence-electron chi connectivity index (χ1n) is 12.4. The zero-order valence-electron chi connectivity index (χ0n) is 20.1. The first-order chi connectivity index (χ1) is 18.2. The van der Waals surface area contributed by atoms with Gasteiger partial charge in [-0.15, -0.1) is 11.3 Å². The van der Waals surface area contributed by atoms with E-state index in [2.05, 4.69) is 5.32 Å². The van der Waals surface area contributed by atoms with E-state index in [9.17, 15) is 9.59 Å². The molecule has 0 spiro atoms. The molecule has 0 saturated carbocycles. The van der Waals surface area contributed by atoms with E-state index < -0.39 is 0 Å². The molecule has 0 aliphatic heterocycles. The van der Waals surface area contributed by atoms with Crippen LogP contribution in [0.4, 0.5) is 5.69 Å². The predicted octanol–water partition coefficient (Wildman–Crippen LogP) is 6.72. The zero-order chi connectivity index (χ0) is 25.2. The van der Waals surface area contributed by atoms with Crippen molar-refractivity contribution in [3.05, 3.63) is 106 Å². The van der Waals surface area contributed by atoms with E-state index in [1.54, 1.807) is 15.9 Å². The molecular formula is C30H25N3O2S2. The number of aromatic nitrogens is 2. The first-order valence-corrected chi connectivity index (χ1v) is 14.2. The summed E-state index contributed by atoms with van der Waals surface area (Å²) >= 11 is 2.92. The minimum Gasteiger partial charge on any atom is -0.325 e. The lowest BCUT2D eigenvalue weighted by molar-refractivity contribution is -0.113. The summed E-state index contributed by atoms with van der Waals surface area (Å²) in [5.74, 6) is -0.00765. The van der Waals surface area contributed by atoms with Gasteiger partial charge >= 0.3 is 0 Å². The topological polar surface area (TPSA) is 64.0 Å². The number of carbonyl (C=O) groups excluding carboxylic acids is 1. The number of rotatable bonds is 6. The second-order valence-electron chi connectivity index (χ2n) is 9.01. The van der Waals surface area contributed by atoms with Crippen molar-refractivity contribution in [2.24, 2.45) is 0 Å². The van der Waals surface area contributed by atoms with Gasteiger partial charge in [0.1, 0.15) is 4.83 Å². The highest BCUT2D eigenvalue weighted by Crippen LogP contribution is 2.35. The van der Waals surface area contributed by atoms with Gasteiger partial charge in [-0.25, -0.2) is 4.98 Å². The van der Waals surface area contributed by atoms with Crippen molar-refractivity contribution in [1.29, 1.82) is 0 Å². The Morgan fingerprint density at radius 1 is 0.919 bits per heavy atom. The molecule has 184 valence electrons. The Hall–Kier alpha value is -3.68. The lowest BCUT2D eigenvalue weighted by Crippen LogP contribution is -2.23. The third-order valence-electron chi connectivity index (χ3n) is 6.59. The van der Waals surface area contributed by atoms with Crippen LogP contribution in [0.15, 0.2) is 94.9 Å². The number of thioether (sulfide) groups is 1. The van der Waals surface area contributed by atoms with Gasteiger partial charge in [-0.3, -0.25) is 14.2 Å². The Kier molecular flexibility index (Phi) is 6.64. The number of para-hydroxylation sites is 2. The summed E-state index contributed by atoms with van der Waals surface area (Å²) in [7, 11) is 0.